The molecule has 0 bridgehead atoms. The smallest absolute Gasteiger partial charge is 0.227 e. The maximum absolute atomic E-state index is 10.3. The molecule has 3 nitrogen and oxygen atoms in total. The minimum atomic E-state index is -0.00694. The molecule has 1 rings (SSSR count). The highest BCUT2D eigenvalue weighted by Gasteiger charge is 2.28. The van der Waals surface area contributed by atoms with E-state index in [1.807, 2.05) is 0 Å². The molecule has 2 N–H and O–H groups in total. The van der Waals surface area contributed by atoms with Crippen LogP contribution in [0.15, 0.2) is 0 Å². The van der Waals surface area contributed by atoms with Gasteiger partial charge in [0.25, 0.3) is 0 Å². The van der Waals surface area contributed by atoms with Gasteiger partial charge >= 0.3 is 0 Å². The van der Waals surface area contributed by atoms with Gasteiger partial charge in [-0.1, -0.05) is 0 Å². The van der Waals surface area contributed by atoms with Crippen LogP contribution >= 0.6 is 0 Å². The van der Waals surface area contributed by atoms with Gasteiger partial charge in [0.2, 0.25) is 5.91 Å². The number of nitrogens with zero attached hydrogens (tertiary/aromatic N) is 1. The van der Waals surface area contributed by atoms with Gasteiger partial charge in [-0.25, -0.2) is 0 Å². The van der Waals surface area contributed by atoms with Gasteiger partial charge in [0.1, 0.15) is 0 Å². The average Bonchev–Trinajstić information content (AvgIpc) is 1.68. The van der Waals surface area contributed by atoms with E-state index in [0.29, 0.717) is 6.42 Å². The van der Waals surface area contributed by atoms with Gasteiger partial charge in [0.15, 0.2) is 0 Å². The van der Waals surface area contributed by atoms with Crippen LogP contribution in [-0.4, -0.2) is 24.0 Å². The molecule has 1 heterocycles. The van der Waals surface area contributed by atoms with Crippen LogP contribution in [0.25, 0.3) is 0 Å². The summed E-state index contributed by atoms with van der Waals surface area (Å²) in [5, 5.41) is 0. The van der Waals surface area contributed by atoms with Crippen LogP contribution in [0.2, 0.25) is 0 Å². The quantitative estimate of drug-likeness (QED) is 0.402. The molecule has 1 aliphatic heterocycles. The second-order valence-corrected chi connectivity index (χ2v) is 1.78. The first-order valence-electron chi connectivity index (χ1n) is 2.23. The molecule has 1 saturated heterocycles. The molecule has 0 aliphatic carbocycles. The number of carbonyl (C=O) groups is 1. The molecule has 0 aromatic carbocycles. The van der Waals surface area contributed by atoms with Gasteiger partial charge in [0.05, 0.1) is 12.6 Å². The van der Waals surface area contributed by atoms with E-state index in [0.717, 1.165) is 0 Å². The Balaban J connectivity index is 2.43. The Morgan fingerprint density at radius 3 is 2.57 bits per heavy atom. The molecular weight excluding hydrogens is 92.1 g/mol. The standard InChI is InChI=1S/C4H8N2O/c1-6-3(5)2-4(6)7/h3H,2,5H2,1H3. The third-order valence-corrected chi connectivity index (χ3v) is 1.27. The molecule has 0 saturated carbocycles. The summed E-state index contributed by atoms with van der Waals surface area (Å²) in [6.45, 7) is 0. The molecule has 7 heavy (non-hydrogen) atoms. The van der Waals surface area contributed by atoms with Crippen molar-refractivity contribution in [3.8, 4) is 0 Å². The fourth-order valence-electron chi connectivity index (χ4n) is 0.532. The summed E-state index contributed by atoms with van der Waals surface area (Å²) in [6, 6.07) is 0. The van der Waals surface area contributed by atoms with E-state index >= 15 is 0 Å². The summed E-state index contributed by atoms with van der Waals surface area (Å²) in [6.07, 6.45) is 0.517. The number of hydrogen-bond donors (Lipinski definition) is 1. The number of likely N-dealkylation sites (tertiary alicyclic amines) is 1. The number of amides is 1. The predicted octanol–water partition coefficient (Wildman–Crippen LogP) is -0.867. The van der Waals surface area contributed by atoms with Crippen LogP contribution in [0, 0.1) is 0 Å². The molecule has 3 heteroatoms. The van der Waals surface area contributed by atoms with Gasteiger partial charge in [-0.2, -0.15) is 0 Å². The average molecular weight is 100 g/mol. The Morgan fingerprint density at radius 1 is 2.00 bits per heavy atom. The Hall–Kier alpha value is -0.570. The highest BCUT2D eigenvalue weighted by Crippen LogP contribution is 2.09. The highest BCUT2D eigenvalue weighted by molar-refractivity contribution is 5.82. The molecule has 1 amide bonds. The van der Waals surface area contributed by atoms with E-state index in [-0.39, 0.29) is 12.1 Å². The van der Waals surface area contributed by atoms with Crippen LogP contribution < -0.4 is 5.73 Å². The van der Waals surface area contributed by atoms with Crippen LogP contribution in [-0.2, 0) is 4.79 Å². The maximum Gasteiger partial charge on any atom is 0.227 e. The Bertz CT molecular complexity index is 102. The zero-order chi connectivity index (χ0) is 5.44. The van der Waals surface area contributed by atoms with E-state index < -0.39 is 0 Å². The highest BCUT2D eigenvalue weighted by atomic mass is 16.2. The second-order valence-electron chi connectivity index (χ2n) is 1.78. The van der Waals surface area contributed by atoms with E-state index in [1.165, 1.54) is 4.90 Å². The SMILES string of the molecule is CN1C(=O)CC1N. The first-order valence-corrected chi connectivity index (χ1v) is 2.23. The van der Waals surface area contributed by atoms with Crippen molar-refractivity contribution in [3.63, 3.8) is 0 Å². The van der Waals surface area contributed by atoms with Gasteiger partial charge in [0, 0.05) is 7.05 Å². The number of rotatable bonds is 0. The van der Waals surface area contributed by atoms with Crippen LogP contribution in [0.4, 0.5) is 0 Å². The van der Waals surface area contributed by atoms with Gasteiger partial charge in [-0.3, -0.25) is 4.79 Å². The number of β-lactam (4-membered cyclic amide) rings is 1. The third kappa shape index (κ3) is 0.489. The molecule has 1 aliphatic rings. The number of hydrogen-bond acceptors (Lipinski definition) is 2. The summed E-state index contributed by atoms with van der Waals surface area (Å²) < 4.78 is 0. The minimum absolute atomic E-state index is 0.00694. The topological polar surface area (TPSA) is 46.3 Å². The third-order valence-electron chi connectivity index (χ3n) is 1.27. The van der Waals surface area contributed by atoms with Gasteiger partial charge < -0.3 is 10.6 Å². The fourth-order valence-corrected chi connectivity index (χ4v) is 0.532. The summed E-state index contributed by atoms with van der Waals surface area (Å²) in [4.78, 5) is 11.8. The van der Waals surface area contributed by atoms with E-state index in [9.17, 15) is 4.79 Å². The Morgan fingerprint density at radius 2 is 2.57 bits per heavy atom. The van der Waals surface area contributed by atoms with E-state index in [2.05, 4.69) is 0 Å². The largest absolute Gasteiger partial charge is 0.330 e. The summed E-state index contributed by atoms with van der Waals surface area (Å²) in [7, 11) is 1.70. The molecule has 40 valence electrons. The zero-order valence-corrected chi connectivity index (χ0v) is 4.22. The van der Waals surface area contributed by atoms with Crippen molar-refractivity contribution in [2.75, 3.05) is 7.05 Å². The Kier molecular flexibility index (Phi) is 0.785. The van der Waals surface area contributed by atoms with Crippen LogP contribution in [0.1, 0.15) is 6.42 Å². The first-order chi connectivity index (χ1) is 3.22. The lowest BCUT2D eigenvalue weighted by atomic mass is 10.2. The van der Waals surface area contributed by atoms with Crippen molar-refractivity contribution in [2.45, 2.75) is 12.6 Å². The van der Waals surface area contributed by atoms with Crippen molar-refractivity contribution in [3.05, 3.63) is 0 Å². The Labute approximate surface area is 42.1 Å². The second kappa shape index (κ2) is 1.20. The number of carbonyl (C=O) groups excluding carboxylic acids is 1. The number of nitrogens with two attached hydrogens (primary N) is 1. The molecule has 0 aromatic heterocycles. The summed E-state index contributed by atoms with van der Waals surface area (Å²) in [5.41, 5.74) is 5.32. The molecular formula is C4H8N2O. The van der Waals surface area contributed by atoms with E-state index in [4.69, 9.17) is 5.73 Å². The molecule has 0 radical (unpaired) electrons. The molecule has 0 aromatic rings. The molecule has 1 atom stereocenters. The van der Waals surface area contributed by atoms with Crippen LogP contribution in [0.5, 0.6) is 0 Å². The zero-order valence-electron chi connectivity index (χ0n) is 4.22. The summed E-state index contributed by atoms with van der Waals surface area (Å²) >= 11 is 0. The predicted molar refractivity (Wildman–Crippen MR) is 25.4 cm³/mol. The maximum atomic E-state index is 10.3. The minimum Gasteiger partial charge on any atom is -0.330 e. The van der Waals surface area contributed by atoms with Gasteiger partial charge in [-0.15, -0.1) is 0 Å². The lowest BCUT2D eigenvalue weighted by molar-refractivity contribution is -0.143. The fraction of sp³-hybridized carbons (Fsp3) is 0.750. The van der Waals surface area contributed by atoms with Crippen molar-refractivity contribution in [1.82, 2.24) is 4.90 Å². The first kappa shape index (κ1) is 4.59. The monoisotopic (exact) mass is 100 g/mol. The van der Waals surface area contributed by atoms with E-state index in [1.54, 1.807) is 7.05 Å². The summed E-state index contributed by atoms with van der Waals surface area (Å²) in [5.74, 6) is 0.146. The van der Waals surface area contributed by atoms with Crippen molar-refractivity contribution >= 4 is 5.91 Å². The molecule has 0 spiro atoms. The molecule has 1 unspecified atom stereocenters. The van der Waals surface area contributed by atoms with Gasteiger partial charge in [-0.05, 0) is 0 Å². The van der Waals surface area contributed by atoms with Crippen molar-refractivity contribution < 1.29 is 4.79 Å². The van der Waals surface area contributed by atoms with Crippen LogP contribution in [0.3, 0.4) is 0 Å². The van der Waals surface area contributed by atoms with Crippen molar-refractivity contribution in [1.29, 1.82) is 0 Å². The lowest BCUT2D eigenvalue weighted by Gasteiger charge is -2.33. The lowest BCUT2D eigenvalue weighted by Crippen LogP contribution is -2.54. The van der Waals surface area contributed by atoms with Crippen molar-refractivity contribution in [2.24, 2.45) is 5.73 Å². The normalized spacial score (nSPS) is 30.3. The molecule has 1 fully saturated rings.